The van der Waals surface area contributed by atoms with Gasteiger partial charge in [-0.1, -0.05) is 17.7 Å². The van der Waals surface area contributed by atoms with Crippen molar-refractivity contribution >= 4 is 21.7 Å². The third kappa shape index (κ3) is 4.42. The Balaban J connectivity index is 2.14. The first kappa shape index (κ1) is 16.2. The van der Waals surface area contributed by atoms with Crippen molar-refractivity contribution in [3.05, 3.63) is 42.0 Å². The predicted octanol–water partition coefficient (Wildman–Crippen LogP) is 2.80. The largest absolute Gasteiger partial charge is 0.364 e. The number of hydrogen-bond donors (Lipinski definition) is 2. The molecule has 7 heteroatoms. The molecule has 0 radical (unpaired) electrons. The molecular formula is C15H20N4O2S. The summed E-state index contributed by atoms with van der Waals surface area (Å²) >= 11 is 0. The molecule has 0 amide bonds. The van der Waals surface area contributed by atoms with Gasteiger partial charge < -0.3 is 5.32 Å². The first-order chi connectivity index (χ1) is 10.2. The molecule has 1 aromatic carbocycles. The van der Waals surface area contributed by atoms with Crippen LogP contribution in [0.15, 0.2) is 41.3 Å². The van der Waals surface area contributed by atoms with Gasteiger partial charge in [-0.2, -0.15) is 0 Å². The van der Waals surface area contributed by atoms with E-state index in [1.54, 1.807) is 36.4 Å². The molecule has 0 saturated heterocycles. The zero-order chi connectivity index (χ0) is 16.4. The highest BCUT2D eigenvalue weighted by atomic mass is 32.2. The average molecular weight is 320 g/mol. The number of nitrogens with zero attached hydrogens (tertiary/aromatic N) is 2. The van der Waals surface area contributed by atoms with Crippen LogP contribution in [0.25, 0.3) is 0 Å². The van der Waals surface area contributed by atoms with Crippen LogP contribution < -0.4 is 10.0 Å². The summed E-state index contributed by atoms with van der Waals surface area (Å²) < 4.78 is 26.9. The van der Waals surface area contributed by atoms with Gasteiger partial charge in [0, 0.05) is 5.54 Å². The Morgan fingerprint density at radius 1 is 0.909 bits per heavy atom. The van der Waals surface area contributed by atoms with Crippen LogP contribution in [-0.2, 0) is 10.0 Å². The summed E-state index contributed by atoms with van der Waals surface area (Å²) in [6.07, 6.45) is 0. The molecule has 0 saturated carbocycles. The van der Waals surface area contributed by atoms with Crippen molar-refractivity contribution in [2.24, 2.45) is 0 Å². The average Bonchev–Trinajstić information content (AvgIpc) is 2.39. The summed E-state index contributed by atoms with van der Waals surface area (Å²) in [5, 5.41) is 11.0. The van der Waals surface area contributed by atoms with E-state index in [0.717, 1.165) is 5.56 Å². The number of hydrogen-bond acceptors (Lipinski definition) is 5. The fourth-order valence-corrected chi connectivity index (χ4v) is 2.75. The molecule has 1 aromatic heterocycles. The quantitative estimate of drug-likeness (QED) is 0.905. The van der Waals surface area contributed by atoms with Crippen LogP contribution in [0.4, 0.5) is 11.6 Å². The second-order valence-corrected chi connectivity index (χ2v) is 7.78. The van der Waals surface area contributed by atoms with Crippen molar-refractivity contribution in [1.29, 1.82) is 0 Å². The van der Waals surface area contributed by atoms with Gasteiger partial charge in [0.15, 0.2) is 5.82 Å². The molecule has 0 aliphatic rings. The summed E-state index contributed by atoms with van der Waals surface area (Å²) in [7, 11) is -3.65. The molecular weight excluding hydrogens is 300 g/mol. The third-order valence-corrected chi connectivity index (χ3v) is 4.11. The van der Waals surface area contributed by atoms with Crippen LogP contribution in [0, 0.1) is 6.92 Å². The Labute approximate surface area is 131 Å². The fourth-order valence-electron chi connectivity index (χ4n) is 1.75. The summed E-state index contributed by atoms with van der Waals surface area (Å²) in [6.45, 7) is 7.91. The maximum atomic E-state index is 12.2. The Morgan fingerprint density at radius 2 is 1.45 bits per heavy atom. The second-order valence-electron chi connectivity index (χ2n) is 6.10. The standard InChI is InChI=1S/C15H20N4O2S/c1-11-5-7-12(8-6-11)22(20,21)19-14-10-9-13(17-18-14)16-15(2,3)4/h5-10H,1-4H3,(H,16,17)(H,18,19). The SMILES string of the molecule is Cc1ccc(S(=O)(=O)Nc2ccc(NC(C)(C)C)nn2)cc1. The van der Waals surface area contributed by atoms with Gasteiger partial charge in [0.05, 0.1) is 4.90 Å². The Morgan fingerprint density at radius 3 is 1.95 bits per heavy atom. The van der Waals surface area contributed by atoms with Crippen LogP contribution >= 0.6 is 0 Å². The predicted molar refractivity (Wildman–Crippen MR) is 87.4 cm³/mol. The minimum absolute atomic E-state index is 0.141. The van der Waals surface area contributed by atoms with Crippen LogP contribution in [0.5, 0.6) is 0 Å². The molecule has 0 unspecified atom stereocenters. The first-order valence-electron chi connectivity index (χ1n) is 6.87. The number of benzene rings is 1. The lowest BCUT2D eigenvalue weighted by atomic mass is 10.1. The van der Waals surface area contributed by atoms with Gasteiger partial charge in [0.25, 0.3) is 10.0 Å². The monoisotopic (exact) mass is 320 g/mol. The molecule has 2 rings (SSSR count). The van der Waals surface area contributed by atoms with Crippen LogP contribution in [0.1, 0.15) is 26.3 Å². The first-order valence-corrected chi connectivity index (χ1v) is 8.35. The summed E-state index contributed by atoms with van der Waals surface area (Å²) in [5.74, 6) is 0.769. The maximum Gasteiger partial charge on any atom is 0.263 e. The van der Waals surface area contributed by atoms with Gasteiger partial charge in [0.2, 0.25) is 0 Å². The van der Waals surface area contributed by atoms with Crippen LogP contribution in [0.2, 0.25) is 0 Å². The molecule has 1 heterocycles. The molecule has 0 fully saturated rings. The highest BCUT2D eigenvalue weighted by molar-refractivity contribution is 7.92. The summed E-state index contributed by atoms with van der Waals surface area (Å²) in [5.41, 5.74) is 0.855. The highest BCUT2D eigenvalue weighted by Crippen LogP contribution is 2.16. The van der Waals surface area contributed by atoms with Gasteiger partial charge in [-0.15, -0.1) is 10.2 Å². The van der Waals surface area contributed by atoms with E-state index in [1.807, 2.05) is 27.7 Å². The van der Waals surface area contributed by atoms with Crippen LogP contribution in [0.3, 0.4) is 0 Å². The van der Waals surface area contributed by atoms with Gasteiger partial charge in [-0.05, 0) is 52.0 Å². The van der Waals surface area contributed by atoms with Crippen molar-refractivity contribution in [2.45, 2.75) is 38.1 Å². The van der Waals surface area contributed by atoms with E-state index in [4.69, 9.17) is 0 Å². The van der Waals surface area contributed by atoms with Crippen molar-refractivity contribution in [1.82, 2.24) is 10.2 Å². The number of nitrogens with one attached hydrogen (secondary N) is 2. The molecule has 6 nitrogen and oxygen atoms in total. The lowest BCUT2D eigenvalue weighted by Gasteiger charge is -2.20. The van der Waals surface area contributed by atoms with E-state index in [1.165, 1.54) is 0 Å². The molecule has 22 heavy (non-hydrogen) atoms. The van der Waals surface area contributed by atoms with E-state index in [0.29, 0.717) is 5.82 Å². The second kappa shape index (κ2) is 5.92. The van der Waals surface area contributed by atoms with E-state index in [-0.39, 0.29) is 16.3 Å². The van der Waals surface area contributed by atoms with Gasteiger partial charge in [-0.3, -0.25) is 4.72 Å². The zero-order valence-electron chi connectivity index (χ0n) is 13.1. The van der Waals surface area contributed by atoms with Crippen molar-refractivity contribution in [2.75, 3.05) is 10.0 Å². The van der Waals surface area contributed by atoms with Crippen molar-refractivity contribution in [3.63, 3.8) is 0 Å². The van der Waals surface area contributed by atoms with E-state index >= 15 is 0 Å². The number of aromatic nitrogens is 2. The van der Waals surface area contributed by atoms with E-state index in [2.05, 4.69) is 20.2 Å². The van der Waals surface area contributed by atoms with Gasteiger partial charge in [-0.25, -0.2) is 8.42 Å². The minimum atomic E-state index is -3.65. The number of aryl methyl sites for hydroxylation is 1. The summed E-state index contributed by atoms with van der Waals surface area (Å²) in [4.78, 5) is 0.191. The Hall–Kier alpha value is -2.15. The van der Waals surface area contributed by atoms with E-state index in [9.17, 15) is 8.42 Å². The number of rotatable bonds is 4. The van der Waals surface area contributed by atoms with Crippen molar-refractivity contribution in [3.8, 4) is 0 Å². The third-order valence-electron chi connectivity index (χ3n) is 2.74. The minimum Gasteiger partial charge on any atom is -0.364 e. The Kier molecular flexibility index (Phi) is 4.37. The zero-order valence-corrected chi connectivity index (χ0v) is 13.9. The molecule has 0 spiro atoms. The van der Waals surface area contributed by atoms with Gasteiger partial charge in [0.1, 0.15) is 5.82 Å². The normalized spacial score (nSPS) is 12.0. The van der Waals surface area contributed by atoms with Crippen LogP contribution in [-0.4, -0.2) is 24.2 Å². The highest BCUT2D eigenvalue weighted by Gasteiger charge is 2.15. The number of anilines is 2. The van der Waals surface area contributed by atoms with Crippen molar-refractivity contribution < 1.29 is 8.42 Å². The maximum absolute atomic E-state index is 12.2. The molecule has 0 aliphatic carbocycles. The Bertz CT molecular complexity index is 733. The topological polar surface area (TPSA) is 84.0 Å². The summed E-state index contributed by atoms with van der Waals surface area (Å²) in [6, 6.07) is 9.87. The molecule has 2 N–H and O–H groups in total. The molecule has 0 atom stereocenters. The molecule has 0 bridgehead atoms. The lowest BCUT2D eigenvalue weighted by Crippen LogP contribution is -2.26. The molecule has 118 valence electrons. The molecule has 0 aliphatic heterocycles. The molecule has 2 aromatic rings. The van der Waals surface area contributed by atoms with E-state index < -0.39 is 10.0 Å². The fraction of sp³-hybridized carbons (Fsp3) is 0.333. The number of sulfonamides is 1. The lowest BCUT2D eigenvalue weighted by molar-refractivity contribution is 0.600. The van der Waals surface area contributed by atoms with Gasteiger partial charge >= 0.3 is 0 Å². The smallest absolute Gasteiger partial charge is 0.263 e.